The summed E-state index contributed by atoms with van der Waals surface area (Å²) < 4.78 is 0. The second kappa shape index (κ2) is 3.68. The highest BCUT2D eigenvalue weighted by atomic mass is 14.9. The van der Waals surface area contributed by atoms with Crippen LogP contribution < -0.4 is 5.32 Å². The highest BCUT2D eigenvalue weighted by Crippen LogP contribution is 2.13. The molecule has 1 aliphatic rings. The predicted octanol–water partition coefficient (Wildman–Crippen LogP) is 1.23. The average molecular weight is 162 g/mol. The molecule has 1 saturated heterocycles. The maximum atomic E-state index is 4.11. The smallest absolute Gasteiger partial charge is 0.0299 e. The molecule has 0 aromatic carbocycles. The summed E-state index contributed by atoms with van der Waals surface area (Å²) in [5.41, 5.74) is 1.37. The Morgan fingerprint density at radius 1 is 1.58 bits per heavy atom. The minimum absolute atomic E-state index is 0.828. The molecule has 1 unspecified atom stereocenters. The zero-order chi connectivity index (χ0) is 8.23. The molecule has 2 rings (SSSR count). The molecule has 0 spiro atoms. The molecule has 1 atom stereocenters. The van der Waals surface area contributed by atoms with Gasteiger partial charge in [-0.1, -0.05) is 6.07 Å². The van der Waals surface area contributed by atoms with Crippen molar-refractivity contribution in [2.45, 2.75) is 12.8 Å². The molecule has 64 valence electrons. The molecular weight excluding hydrogens is 148 g/mol. The fourth-order valence-corrected chi connectivity index (χ4v) is 1.74. The van der Waals surface area contributed by atoms with E-state index in [1.54, 1.807) is 0 Å². The topological polar surface area (TPSA) is 24.9 Å². The summed E-state index contributed by atoms with van der Waals surface area (Å²) in [4.78, 5) is 4.11. The van der Waals surface area contributed by atoms with Crippen molar-refractivity contribution in [3.8, 4) is 0 Å². The first kappa shape index (κ1) is 7.74. The van der Waals surface area contributed by atoms with Crippen LogP contribution in [0.2, 0.25) is 0 Å². The molecule has 1 fully saturated rings. The summed E-state index contributed by atoms with van der Waals surface area (Å²) >= 11 is 0. The summed E-state index contributed by atoms with van der Waals surface area (Å²) in [5, 5.41) is 3.37. The molecule has 1 aromatic heterocycles. The van der Waals surface area contributed by atoms with Crippen molar-refractivity contribution in [1.29, 1.82) is 0 Å². The van der Waals surface area contributed by atoms with Crippen molar-refractivity contribution >= 4 is 0 Å². The van der Waals surface area contributed by atoms with Gasteiger partial charge in [0.2, 0.25) is 0 Å². The van der Waals surface area contributed by atoms with Gasteiger partial charge in [-0.25, -0.2) is 0 Å². The van der Waals surface area contributed by atoms with E-state index in [1.165, 1.54) is 31.5 Å². The summed E-state index contributed by atoms with van der Waals surface area (Å²) in [5.74, 6) is 0.828. The zero-order valence-electron chi connectivity index (χ0n) is 7.16. The van der Waals surface area contributed by atoms with Crippen molar-refractivity contribution < 1.29 is 0 Å². The van der Waals surface area contributed by atoms with Gasteiger partial charge in [-0.05, 0) is 43.5 Å². The predicted molar refractivity (Wildman–Crippen MR) is 48.9 cm³/mol. The average Bonchev–Trinajstić information content (AvgIpc) is 2.59. The van der Waals surface area contributed by atoms with Crippen LogP contribution in [0.4, 0.5) is 0 Å². The van der Waals surface area contributed by atoms with Crippen LogP contribution in [-0.4, -0.2) is 18.1 Å². The highest BCUT2D eigenvalue weighted by Gasteiger charge is 2.14. The van der Waals surface area contributed by atoms with E-state index in [1.807, 2.05) is 18.5 Å². The first-order chi connectivity index (χ1) is 5.95. The standard InChI is InChI=1S/C10H14N2/c1-2-9(7-11-4-1)6-10-3-5-12-8-10/h1-2,4,7,10,12H,3,5-6,8H2. The number of nitrogens with one attached hydrogen (secondary N) is 1. The maximum Gasteiger partial charge on any atom is 0.0299 e. The molecule has 1 aromatic rings. The lowest BCUT2D eigenvalue weighted by Crippen LogP contribution is -2.10. The Morgan fingerprint density at radius 2 is 2.58 bits per heavy atom. The van der Waals surface area contributed by atoms with Gasteiger partial charge in [-0.3, -0.25) is 4.98 Å². The summed E-state index contributed by atoms with van der Waals surface area (Å²) in [7, 11) is 0. The van der Waals surface area contributed by atoms with Gasteiger partial charge in [0, 0.05) is 12.4 Å². The van der Waals surface area contributed by atoms with E-state index < -0.39 is 0 Å². The minimum atomic E-state index is 0.828. The Morgan fingerprint density at radius 3 is 3.25 bits per heavy atom. The lowest BCUT2D eigenvalue weighted by Gasteiger charge is -2.06. The third-order valence-corrected chi connectivity index (χ3v) is 2.41. The van der Waals surface area contributed by atoms with E-state index in [-0.39, 0.29) is 0 Å². The Labute approximate surface area is 73.0 Å². The maximum absolute atomic E-state index is 4.11. The van der Waals surface area contributed by atoms with E-state index in [2.05, 4.69) is 16.4 Å². The minimum Gasteiger partial charge on any atom is -0.316 e. The summed E-state index contributed by atoms with van der Waals surface area (Å²) in [6.45, 7) is 2.36. The van der Waals surface area contributed by atoms with Gasteiger partial charge in [0.05, 0.1) is 0 Å². The Hall–Kier alpha value is -0.890. The Balaban J connectivity index is 1.94. The molecule has 0 saturated carbocycles. The van der Waals surface area contributed by atoms with Crippen molar-refractivity contribution in [3.05, 3.63) is 30.1 Å². The highest BCUT2D eigenvalue weighted by molar-refractivity contribution is 5.09. The van der Waals surface area contributed by atoms with Crippen LogP contribution in [0.1, 0.15) is 12.0 Å². The van der Waals surface area contributed by atoms with Crippen molar-refractivity contribution in [2.24, 2.45) is 5.92 Å². The number of pyridine rings is 1. The molecule has 0 bridgehead atoms. The largest absolute Gasteiger partial charge is 0.316 e. The lowest BCUT2D eigenvalue weighted by molar-refractivity contribution is 0.579. The number of aromatic nitrogens is 1. The van der Waals surface area contributed by atoms with E-state index in [9.17, 15) is 0 Å². The number of hydrogen-bond acceptors (Lipinski definition) is 2. The monoisotopic (exact) mass is 162 g/mol. The first-order valence-electron chi connectivity index (χ1n) is 4.55. The molecule has 0 aliphatic carbocycles. The second-order valence-corrected chi connectivity index (χ2v) is 3.42. The van der Waals surface area contributed by atoms with E-state index in [0.717, 1.165) is 5.92 Å². The molecule has 0 amide bonds. The van der Waals surface area contributed by atoms with Crippen LogP contribution in [0.3, 0.4) is 0 Å². The summed E-state index contributed by atoms with van der Waals surface area (Å²) in [6, 6.07) is 4.17. The van der Waals surface area contributed by atoms with Crippen molar-refractivity contribution in [3.63, 3.8) is 0 Å². The second-order valence-electron chi connectivity index (χ2n) is 3.42. The lowest BCUT2D eigenvalue weighted by atomic mass is 10.0. The van der Waals surface area contributed by atoms with E-state index >= 15 is 0 Å². The van der Waals surface area contributed by atoms with Crippen LogP contribution in [0.25, 0.3) is 0 Å². The first-order valence-corrected chi connectivity index (χ1v) is 4.55. The van der Waals surface area contributed by atoms with Crippen LogP contribution in [-0.2, 0) is 6.42 Å². The van der Waals surface area contributed by atoms with Crippen LogP contribution >= 0.6 is 0 Å². The molecule has 1 N–H and O–H groups in total. The van der Waals surface area contributed by atoms with Gasteiger partial charge >= 0.3 is 0 Å². The molecule has 2 heterocycles. The summed E-state index contributed by atoms with van der Waals surface area (Å²) in [6.07, 6.45) is 6.30. The molecule has 12 heavy (non-hydrogen) atoms. The number of nitrogens with zero attached hydrogens (tertiary/aromatic N) is 1. The van der Waals surface area contributed by atoms with Gasteiger partial charge in [0.15, 0.2) is 0 Å². The third-order valence-electron chi connectivity index (χ3n) is 2.41. The fourth-order valence-electron chi connectivity index (χ4n) is 1.74. The Bertz CT molecular complexity index is 227. The van der Waals surface area contributed by atoms with Gasteiger partial charge in [0.25, 0.3) is 0 Å². The molecule has 1 aliphatic heterocycles. The van der Waals surface area contributed by atoms with Crippen molar-refractivity contribution in [2.75, 3.05) is 13.1 Å². The van der Waals surface area contributed by atoms with E-state index in [0.29, 0.717) is 0 Å². The van der Waals surface area contributed by atoms with Gasteiger partial charge in [-0.2, -0.15) is 0 Å². The molecular formula is C10H14N2. The van der Waals surface area contributed by atoms with Gasteiger partial charge < -0.3 is 5.32 Å². The van der Waals surface area contributed by atoms with Gasteiger partial charge in [-0.15, -0.1) is 0 Å². The van der Waals surface area contributed by atoms with Gasteiger partial charge in [0.1, 0.15) is 0 Å². The molecule has 2 nitrogen and oxygen atoms in total. The SMILES string of the molecule is c1cncc(CC2CCNC2)c1. The molecule has 2 heteroatoms. The van der Waals surface area contributed by atoms with Crippen LogP contribution in [0.5, 0.6) is 0 Å². The normalized spacial score (nSPS) is 22.8. The molecule has 0 radical (unpaired) electrons. The van der Waals surface area contributed by atoms with Crippen molar-refractivity contribution in [1.82, 2.24) is 10.3 Å². The quantitative estimate of drug-likeness (QED) is 0.707. The number of rotatable bonds is 2. The third kappa shape index (κ3) is 1.83. The van der Waals surface area contributed by atoms with E-state index in [4.69, 9.17) is 0 Å². The van der Waals surface area contributed by atoms with Crippen LogP contribution in [0.15, 0.2) is 24.5 Å². The number of hydrogen-bond donors (Lipinski definition) is 1. The Kier molecular flexibility index (Phi) is 2.37. The zero-order valence-corrected chi connectivity index (χ0v) is 7.16. The fraction of sp³-hybridized carbons (Fsp3) is 0.500. The van der Waals surface area contributed by atoms with Crippen LogP contribution in [0, 0.1) is 5.92 Å².